The predicted octanol–water partition coefficient (Wildman–Crippen LogP) is 1.75. The number of nitrogens with one attached hydrogen (secondary N) is 2. The van der Waals surface area contributed by atoms with Crippen LogP contribution in [-0.2, 0) is 0 Å². The lowest BCUT2D eigenvalue weighted by Crippen LogP contribution is -2.40. The van der Waals surface area contributed by atoms with Crippen LogP contribution in [0, 0.1) is 0 Å². The van der Waals surface area contributed by atoms with Crippen LogP contribution >= 0.6 is 0 Å². The van der Waals surface area contributed by atoms with Crippen LogP contribution in [0.2, 0.25) is 0 Å². The number of unbranched alkanes of at least 4 members (excludes halogenated alkanes) is 1. The van der Waals surface area contributed by atoms with Gasteiger partial charge < -0.3 is 10.6 Å². The minimum Gasteiger partial charge on any atom is -0.356 e. The molecule has 0 saturated carbocycles. The molecule has 1 rings (SSSR count). The second-order valence-electron chi connectivity index (χ2n) is 2.79. The van der Waals surface area contributed by atoms with Crippen molar-refractivity contribution in [3.8, 4) is 0 Å². The molecule has 0 amide bonds. The first-order chi connectivity index (χ1) is 6.43. The van der Waals surface area contributed by atoms with E-state index in [1.54, 1.807) is 0 Å². The summed E-state index contributed by atoms with van der Waals surface area (Å²) < 4.78 is 0. The van der Waals surface area contributed by atoms with E-state index in [2.05, 4.69) is 22.5 Å². The Morgan fingerprint density at radius 3 is 2.77 bits per heavy atom. The van der Waals surface area contributed by atoms with Gasteiger partial charge in [-0.3, -0.25) is 4.99 Å². The van der Waals surface area contributed by atoms with Gasteiger partial charge in [-0.1, -0.05) is 27.2 Å². The van der Waals surface area contributed by atoms with Crippen molar-refractivity contribution in [2.24, 2.45) is 4.99 Å². The zero-order valence-electron chi connectivity index (χ0n) is 9.19. The van der Waals surface area contributed by atoms with Gasteiger partial charge in [-0.05, 0) is 12.8 Å². The molecule has 0 aromatic rings. The van der Waals surface area contributed by atoms with Crippen LogP contribution in [0.5, 0.6) is 0 Å². The van der Waals surface area contributed by atoms with Crippen LogP contribution < -0.4 is 10.6 Å². The summed E-state index contributed by atoms with van der Waals surface area (Å²) in [6.07, 6.45) is 3.62. The normalized spacial score (nSPS) is 14.8. The summed E-state index contributed by atoms with van der Waals surface area (Å²) in [4.78, 5) is 4.30. The molecular formula is C10H23N3. The fourth-order valence-corrected chi connectivity index (χ4v) is 1.03. The predicted molar refractivity (Wildman–Crippen MR) is 59.2 cm³/mol. The summed E-state index contributed by atoms with van der Waals surface area (Å²) >= 11 is 0. The number of aliphatic imine (C=N–C) groups is 1. The standard InChI is InChI=1S/C8H17N3.C2H6/c1-2-3-5-9-8-10-6-4-7-11-8;1-2/h2-7H2,1H3,(H2,9,10,11);1-2H3. The highest BCUT2D eigenvalue weighted by molar-refractivity contribution is 5.80. The van der Waals surface area contributed by atoms with Crippen molar-refractivity contribution in [2.75, 3.05) is 19.6 Å². The molecule has 78 valence electrons. The largest absolute Gasteiger partial charge is 0.356 e. The molecule has 0 unspecified atom stereocenters. The molecular weight excluding hydrogens is 162 g/mol. The molecule has 1 aliphatic heterocycles. The molecule has 1 heterocycles. The fraction of sp³-hybridized carbons (Fsp3) is 0.900. The van der Waals surface area contributed by atoms with E-state index < -0.39 is 0 Å². The minimum atomic E-state index is 0.974. The van der Waals surface area contributed by atoms with Gasteiger partial charge in [0.2, 0.25) is 0 Å². The Bertz CT molecular complexity index is 132. The SMILES string of the molecule is CC.CCCCNC1=NCCCN1. The monoisotopic (exact) mass is 185 g/mol. The molecule has 0 aromatic heterocycles. The van der Waals surface area contributed by atoms with Gasteiger partial charge >= 0.3 is 0 Å². The van der Waals surface area contributed by atoms with Crippen LogP contribution in [0.3, 0.4) is 0 Å². The van der Waals surface area contributed by atoms with Gasteiger partial charge in [0.05, 0.1) is 0 Å². The Morgan fingerprint density at radius 2 is 2.23 bits per heavy atom. The molecule has 0 aromatic carbocycles. The highest BCUT2D eigenvalue weighted by atomic mass is 15.2. The van der Waals surface area contributed by atoms with Gasteiger partial charge in [0.1, 0.15) is 0 Å². The van der Waals surface area contributed by atoms with Gasteiger partial charge in [0.15, 0.2) is 5.96 Å². The Kier molecular flexibility index (Phi) is 8.83. The van der Waals surface area contributed by atoms with Crippen molar-refractivity contribution in [3.05, 3.63) is 0 Å². The van der Waals surface area contributed by atoms with Crippen LogP contribution in [0.25, 0.3) is 0 Å². The van der Waals surface area contributed by atoms with Gasteiger partial charge in [-0.25, -0.2) is 0 Å². The lowest BCUT2D eigenvalue weighted by atomic mass is 10.3. The number of guanidine groups is 1. The van der Waals surface area contributed by atoms with Crippen LogP contribution in [0.15, 0.2) is 4.99 Å². The number of rotatable bonds is 3. The van der Waals surface area contributed by atoms with E-state index in [1.165, 1.54) is 19.3 Å². The zero-order chi connectivity index (χ0) is 9.94. The Hall–Kier alpha value is -0.730. The first kappa shape index (κ1) is 12.3. The average molecular weight is 185 g/mol. The highest BCUT2D eigenvalue weighted by Crippen LogP contribution is 1.88. The van der Waals surface area contributed by atoms with Gasteiger partial charge in [-0.2, -0.15) is 0 Å². The molecule has 2 N–H and O–H groups in total. The fourth-order valence-electron chi connectivity index (χ4n) is 1.03. The molecule has 13 heavy (non-hydrogen) atoms. The van der Waals surface area contributed by atoms with E-state index in [4.69, 9.17) is 0 Å². The molecule has 0 radical (unpaired) electrons. The summed E-state index contributed by atoms with van der Waals surface area (Å²) in [5.41, 5.74) is 0. The summed E-state index contributed by atoms with van der Waals surface area (Å²) in [7, 11) is 0. The number of nitrogens with zero attached hydrogens (tertiary/aromatic N) is 1. The van der Waals surface area contributed by atoms with Crippen molar-refractivity contribution in [1.82, 2.24) is 10.6 Å². The van der Waals surface area contributed by atoms with E-state index in [0.29, 0.717) is 0 Å². The minimum absolute atomic E-state index is 0.974. The Morgan fingerprint density at radius 1 is 1.46 bits per heavy atom. The molecule has 0 spiro atoms. The second kappa shape index (κ2) is 9.36. The van der Waals surface area contributed by atoms with Crippen molar-refractivity contribution in [3.63, 3.8) is 0 Å². The van der Waals surface area contributed by atoms with Crippen molar-refractivity contribution >= 4 is 5.96 Å². The maximum absolute atomic E-state index is 4.30. The van der Waals surface area contributed by atoms with E-state index in [1.807, 2.05) is 13.8 Å². The van der Waals surface area contributed by atoms with Crippen molar-refractivity contribution < 1.29 is 0 Å². The van der Waals surface area contributed by atoms with E-state index in [0.717, 1.165) is 25.6 Å². The molecule has 0 atom stereocenters. The number of hydrogen-bond acceptors (Lipinski definition) is 3. The molecule has 3 heteroatoms. The van der Waals surface area contributed by atoms with Gasteiger partial charge in [-0.15, -0.1) is 0 Å². The summed E-state index contributed by atoms with van der Waals surface area (Å²) in [6.45, 7) is 9.28. The molecule has 1 aliphatic rings. The Balaban J connectivity index is 0.000000671. The molecule has 0 saturated heterocycles. The third-order valence-corrected chi connectivity index (χ3v) is 1.72. The lowest BCUT2D eigenvalue weighted by molar-refractivity contribution is 0.681. The average Bonchev–Trinajstić information content (AvgIpc) is 2.23. The summed E-state index contributed by atoms with van der Waals surface area (Å²) in [5.74, 6) is 0.990. The van der Waals surface area contributed by atoms with Crippen molar-refractivity contribution in [1.29, 1.82) is 0 Å². The van der Waals surface area contributed by atoms with Crippen LogP contribution in [-0.4, -0.2) is 25.6 Å². The van der Waals surface area contributed by atoms with Crippen LogP contribution in [0.4, 0.5) is 0 Å². The van der Waals surface area contributed by atoms with Gasteiger partial charge in [0.25, 0.3) is 0 Å². The van der Waals surface area contributed by atoms with Crippen LogP contribution in [0.1, 0.15) is 40.0 Å². The van der Waals surface area contributed by atoms with Gasteiger partial charge in [0, 0.05) is 19.6 Å². The lowest BCUT2D eigenvalue weighted by Gasteiger charge is -2.15. The third kappa shape index (κ3) is 6.43. The number of hydrogen-bond donors (Lipinski definition) is 2. The first-order valence-corrected chi connectivity index (χ1v) is 5.45. The van der Waals surface area contributed by atoms with E-state index >= 15 is 0 Å². The van der Waals surface area contributed by atoms with E-state index in [9.17, 15) is 0 Å². The molecule has 0 aliphatic carbocycles. The summed E-state index contributed by atoms with van der Waals surface area (Å²) in [6, 6.07) is 0. The van der Waals surface area contributed by atoms with E-state index in [-0.39, 0.29) is 0 Å². The summed E-state index contributed by atoms with van der Waals surface area (Å²) in [5, 5.41) is 6.48. The maximum Gasteiger partial charge on any atom is 0.191 e. The Labute approximate surface area is 82.0 Å². The molecule has 0 fully saturated rings. The molecule has 3 nitrogen and oxygen atoms in total. The quantitative estimate of drug-likeness (QED) is 0.657. The first-order valence-electron chi connectivity index (χ1n) is 5.45. The van der Waals surface area contributed by atoms with Crippen molar-refractivity contribution in [2.45, 2.75) is 40.0 Å². The zero-order valence-corrected chi connectivity index (χ0v) is 9.19. The third-order valence-electron chi connectivity index (χ3n) is 1.72. The second-order valence-corrected chi connectivity index (χ2v) is 2.79. The molecule has 0 bridgehead atoms. The smallest absolute Gasteiger partial charge is 0.191 e. The highest BCUT2D eigenvalue weighted by Gasteiger charge is 2.00. The topological polar surface area (TPSA) is 36.4 Å². The maximum atomic E-state index is 4.30.